The van der Waals surface area contributed by atoms with Crippen molar-refractivity contribution in [1.82, 2.24) is 0 Å². The van der Waals surface area contributed by atoms with Crippen molar-refractivity contribution in [3.8, 4) is 17.6 Å². The quantitative estimate of drug-likeness (QED) is 0.259. The minimum absolute atomic E-state index is 0.109. The Morgan fingerprint density at radius 3 is 2.28 bits per heavy atom. The largest absolute Gasteiger partial charge is 0.490 e. The molecule has 36 heavy (non-hydrogen) atoms. The number of nitriles is 1. The normalized spacial score (nSPS) is 10.8. The van der Waals surface area contributed by atoms with E-state index >= 15 is 0 Å². The number of benzene rings is 3. The van der Waals surface area contributed by atoms with E-state index in [2.05, 4.69) is 10.6 Å². The number of nitrogens with one attached hydrogen (secondary N) is 2. The average molecular weight is 528 g/mol. The summed E-state index contributed by atoms with van der Waals surface area (Å²) in [6, 6.07) is 16.6. The van der Waals surface area contributed by atoms with Crippen LogP contribution in [0.1, 0.15) is 12.5 Å². The number of carbonyl (C=O) groups is 2. The van der Waals surface area contributed by atoms with Gasteiger partial charge in [0.15, 0.2) is 18.1 Å². The van der Waals surface area contributed by atoms with E-state index in [1.165, 1.54) is 42.5 Å². The van der Waals surface area contributed by atoms with Gasteiger partial charge in [-0.25, -0.2) is 4.39 Å². The summed E-state index contributed by atoms with van der Waals surface area (Å²) < 4.78 is 24.2. The Kier molecular flexibility index (Phi) is 9.28. The second-order valence-electron chi connectivity index (χ2n) is 7.24. The lowest BCUT2D eigenvalue weighted by molar-refractivity contribution is -0.118. The molecule has 3 aromatic rings. The van der Waals surface area contributed by atoms with Crippen LogP contribution in [0.25, 0.3) is 6.08 Å². The van der Waals surface area contributed by atoms with Gasteiger partial charge < -0.3 is 20.1 Å². The summed E-state index contributed by atoms with van der Waals surface area (Å²) in [6.07, 6.45) is 1.35. The van der Waals surface area contributed by atoms with Gasteiger partial charge in [0.05, 0.1) is 11.6 Å². The Bertz CT molecular complexity index is 1320. The third-order valence-electron chi connectivity index (χ3n) is 4.59. The van der Waals surface area contributed by atoms with Gasteiger partial charge >= 0.3 is 0 Å². The van der Waals surface area contributed by atoms with Crippen LogP contribution in [0, 0.1) is 17.1 Å². The van der Waals surface area contributed by atoms with Crippen molar-refractivity contribution in [1.29, 1.82) is 5.26 Å². The molecule has 2 amide bonds. The predicted molar refractivity (Wildman–Crippen MR) is 137 cm³/mol. The first kappa shape index (κ1) is 26.5. The molecule has 10 heteroatoms. The third kappa shape index (κ3) is 7.47. The number of ether oxygens (including phenoxy) is 2. The van der Waals surface area contributed by atoms with Crippen molar-refractivity contribution in [3.63, 3.8) is 0 Å². The van der Waals surface area contributed by atoms with E-state index in [1.807, 2.05) is 6.07 Å². The van der Waals surface area contributed by atoms with Gasteiger partial charge in [-0.15, -0.1) is 0 Å². The number of hydrogen-bond acceptors (Lipinski definition) is 5. The molecule has 0 saturated carbocycles. The van der Waals surface area contributed by atoms with E-state index in [0.717, 1.165) is 0 Å². The highest BCUT2D eigenvalue weighted by Crippen LogP contribution is 2.37. The average Bonchev–Trinajstić information content (AvgIpc) is 2.85. The molecule has 3 rings (SSSR count). The molecule has 0 aliphatic heterocycles. The van der Waals surface area contributed by atoms with E-state index in [-0.39, 0.29) is 35.3 Å². The Labute approximate surface area is 217 Å². The van der Waals surface area contributed by atoms with Crippen molar-refractivity contribution in [2.75, 3.05) is 23.8 Å². The van der Waals surface area contributed by atoms with Gasteiger partial charge in [-0.05, 0) is 79.2 Å². The summed E-state index contributed by atoms with van der Waals surface area (Å²) in [5.41, 5.74) is 1.12. The van der Waals surface area contributed by atoms with Gasteiger partial charge in [0.25, 0.3) is 11.8 Å². The third-order valence-corrected chi connectivity index (χ3v) is 5.12. The van der Waals surface area contributed by atoms with E-state index in [4.69, 9.17) is 32.7 Å². The van der Waals surface area contributed by atoms with Crippen molar-refractivity contribution < 1.29 is 23.5 Å². The number of halogens is 3. The number of amides is 2. The molecular weight excluding hydrogens is 508 g/mol. The van der Waals surface area contributed by atoms with Crippen LogP contribution < -0.4 is 20.1 Å². The fourth-order valence-corrected chi connectivity index (χ4v) is 3.39. The highest BCUT2D eigenvalue weighted by molar-refractivity contribution is 6.32. The van der Waals surface area contributed by atoms with Gasteiger partial charge in [-0.3, -0.25) is 9.59 Å². The van der Waals surface area contributed by atoms with Gasteiger partial charge in [-0.1, -0.05) is 23.2 Å². The Morgan fingerprint density at radius 2 is 1.64 bits per heavy atom. The van der Waals surface area contributed by atoms with Crippen LogP contribution in [0.15, 0.2) is 66.2 Å². The SMILES string of the molecule is CCOc1cc(/C=C(/C#N)C(=O)Nc2ccc(Cl)cc2)cc(Cl)c1OCC(=O)Nc1ccc(F)cc1. The van der Waals surface area contributed by atoms with E-state index < -0.39 is 17.6 Å². The maximum atomic E-state index is 13.0. The van der Waals surface area contributed by atoms with Crippen molar-refractivity contribution in [2.24, 2.45) is 0 Å². The van der Waals surface area contributed by atoms with Crippen LogP contribution in [0.2, 0.25) is 10.0 Å². The zero-order valence-electron chi connectivity index (χ0n) is 19.0. The lowest BCUT2D eigenvalue weighted by atomic mass is 10.1. The maximum Gasteiger partial charge on any atom is 0.266 e. The zero-order valence-corrected chi connectivity index (χ0v) is 20.5. The fraction of sp³-hybridized carbons (Fsp3) is 0.115. The lowest BCUT2D eigenvalue weighted by Gasteiger charge is -2.14. The number of hydrogen-bond donors (Lipinski definition) is 2. The lowest BCUT2D eigenvalue weighted by Crippen LogP contribution is -2.20. The molecule has 0 heterocycles. The highest BCUT2D eigenvalue weighted by atomic mass is 35.5. The molecule has 184 valence electrons. The fourth-order valence-electron chi connectivity index (χ4n) is 2.99. The van der Waals surface area contributed by atoms with E-state index in [1.54, 1.807) is 31.2 Å². The maximum absolute atomic E-state index is 13.0. The first-order chi connectivity index (χ1) is 17.3. The first-order valence-electron chi connectivity index (χ1n) is 10.6. The summed E-state index contributed by atoms with van der Waals surface area (Å²) in [5, 5.41) is 15.3. The number of anilines is 2. The molecule has 3 aromatic carbocycles. The van der Waals surface area contributed by atoms with E-state index in [9.17, 15) is 19.2 Å². The Balaban J connectivity index is 1.76. The standard InChI is InChI=1S/C26H20Cl2FN3O4/c1-2-35-23-13-16(11-17(14-30)26(34)32-21-7-3-18(27)4-8-21)12-22(28)25(23)36-15-24(33)31-20-9-5-19(29)6-10-20/h3-13H,2,15H2,1H3,(H,31,33)(H,32,34)/b17-11-. The second-order valence-corrected chi connectivity index (χ2v) is 8.08. The summed E-state index contributed by atoms with van der Waals surface area (Å²) in [5.74, 6) is -1.19. The molecule has 0 radical (unpaired) electrons. The molecule has 0 aliphatic carbocycles. The van der Waals surface area contributed by atoms with Crippen molar-refractivity contribution in [3.05, 3.63) is 87.7 Å². The summed E-state index contributed by atoms with van der Waals surface area (Å²) in [7, 11) is 0. The van der Waals surface area contributed by atoms with Crippen LogP contribution in [-0.4, -0.2) is 25.0 Å². The first-order valence-corrected chi connectivity index (χ1v) is 11.4. The number of nitrogens with zero attached hydrogens (tertiary/aromatic N) is 1. The van der Waals surface area contributed by atoms with Gasteiger partial charge in [0.1, 0.15) is 17.5 Å². The van der Waals surface area contributed by atoms with Gasteiger partial charge in [0, 0.05) is 16.4 Å². The minimum atomic E-state index is -0.619. The van der Waals surface area contributed by atoms with Crippen molar-refractivity contribution >= 4 is 52.5 Å². The van der Waals surface area contributed by atoms with Crippen LogP contribution in [0.3, 0.4) is 0 Å². The Morgan fingerprint density at radius 1 is 1.00 bits per heavy atom. The summed E-state index contributed by atoms with van der Waals surface area (Å²) in [6.45, 7) is 1.63. The van der Waals surface area contributed by atoms with Crippen LogP contribution in [0.5, 0.6) is 11.5 Å². The highest BCUT2D eigenvalue weighted by Gasteiger charge is 2.16. The van der Waals surface area contributed by atoms with Crippen LogP contribution in [-0.2, 0) is 9.59 Å². The summed E-state index contributed by atoms with van der Waals surface area (Å²) in [4.78, 5) is 24.8. The Hall–Kier alpha value is -4.06. The number of carbonyl (C=O) groups excluding carboxylic acids is 2. The molecule has 0 saturated heterocycles. The van der Waals surface area contributed by atoms with Crippen LogP contribution >= 0.6 is 23.2 Å². The number of rotatable bonds is 9. The molecular formula is C26H20Cl2FN3O4. The molecule has 0 fully saturated rings. The summed E-state index contributed by atoms with van der Waals surface area (Å²) >= 11 is 12.2. The van der Waals surface area contributed by atoms with Gasteiger partial charge in [0.2, 0.25) is 0 Å². The molecule has 0 unspecified atom stereocenters. The molecule has 0 atom stereocenters. The second kappa shape index (κ2) is 12.6. The van der Waals surface area contributed by atoms with Gasteiger partial charge in [-0.2, -0.15) is 5.26 Å². The van der Waals surface area contributed by atoms with E-state index in [0.29, 0.717) is 22.0 Å². The smallest absolute Gasteiger partial charge is 0.266 e. The topological polar surface area (TPSA) is 100 Å². The monoisotopic (exact) mass is 527 g/mol. The molecule has 7 nitrogen and oxygen atoms in total. The minimum Gasteiger partial charge on any atom is -0.490 e. The van der Waals surface area contributed by atoms with Crippen LogP contribution in [0.4, 0.5) is 15.8 Å². The predicted octanol–water partition coefficient (Wildman–Crippen LogP) is 6.09. The molecule has 0 aromatic heterocycles. The molecule has 0 aliphatic rings. The molecule has 0 spiro atoms. The molecule has 0 bridgehead atoms. The molecule has 2 N–H and O–H groups in total. The van der Waals surface area contributed by atoms with Crippen molar-refractivity contribution in [2.45, 2.75) is 6.92 Å². The zero-order chi connectivity index (χ0) is 26.1.